The average Bonchev–Trinajstić information content (AvgIpc) is 2.38. The Bertz CT molecular complexity index is 282. The first kappa shape index (κ1) is 14.1. The molecule has 1 heteroatoms. The molecule has 0 aromatic carbocycles. The molecule has 0 radical (unpaired) electrons. The summed E-state index contributed by atoms with van der Waals surface area (Å²) in [5, 5.41) is 0. The van der Waals surface area contributed by atoms with Gasteiger partial charge in [0.1, 0.15) is 5.78 Å². The molecule has 2 saturated carbocycles. The molecule has 0 aromatic heterocycles. The summed E-state index contributed by atoms with van der Waals surface area (Å²) in [6, 6.07) is 0. The van der Waals surface area contributed by atoms with Crippen LogP contribution in [-0.2, 0) is 4.79 Å². The fourth-order valence-corrected chi connectivity index (χ4v) is 3.94. The Morgan fingerprint density at radius 3 is 2.33 bits per heavy atom. The molecule has 2 aliphatic rings. The second kappa shape index (κ2) is 5.75. The van der Waals surface area contributed by atoms with E-state index in [1.807, 2.05) is 0 Å². The number of carbonyl (C=O) groups excluding carboxylic acids is 1. The normalized spacial score (nSPS) is 33.3. The van der Waals surface area contributed by atoms with Gasteiger partial charge in [-0.05, 0) is 49.9 Å². The fourth-order valence-electron chi connectivity index (χ4n) is 3.94. The van der Waals surface area contributed by atoms with Gasteiger partial charge in [-0.2, -0.15) is 0 Å². The van der Waals surface area contributed by atoms with E-state index in [2.05, 4.69) is 20.8 Å². The Labute approximate surface area is 113 Å². The highest BCUT2D eigenvalue weighted by atomic mass is 16.1. The first-order valence-corrected chi connectivity index (χ1v) is 8.05. The molecular weight excluding hydrogens is 220 g/mol. The largest absolute Gasteiger partial charge is 0.299 e. The van der Waals surface area contributed by atoms with Crippen molar-refractivity contribution < 1.29 is 4.79 Å². The standard InChI is InChI=1S/C17H30O/c1-4-13-6-5-7-15(12-13)16(18)14-8-10-17(2,3)11-9-14/h13-15H,4-12H2,1-3H3. The number of hydrogen-bond acceptors (Lipinski definition) is 1. The van der Waals surface area contributed by atoms with E-state index in [0.29, 0.717) is 23.0 Å². The summed E-state index contributed by atoms with van der Waals surface area (Å²) < 4.78 is 0. The van der Waals surface area contributed by atoms with Gasteiger partial charge in [0.2, 0.25) is 0 Å². The van der Waals surface area contributed by atoms with Crippen LogP contribution in [0.2, 0.25) is 0 Å². The molecule has 0 aromatic rings. The molecule has 18 heavy (non-hydrogen) atoms. The predicted octanol–water partition coefficient (Wildman–Crippen LogP) is 4.99. The lowest BCUT2D eigenvalue weighted by Crippen LogP contribution is -2.32. The van der Waals surface area contributed by atoms with Crippen LogP contribution in [0.3, 0.4) is 0 Å². The Kier molecular flexibility index (Phi) is 4.50. The van der Waals surface area contributed by atoms with E-state index in [4.69, 9.17) is 0 Å². The Morgan fingerprint density at radius 2 is 1.72 bits per heavy atom. The van der Waals surface area contributed by atoms with E-state index in [-0.39, 0.29) is 0 Å². The van der Waals surface area contributed by atoms with Gasteiger partial charge in [0.25, 0.3) is 0 Å². The van der Waals surface area contributed by atoms with Gasteiger partial charge in [0.15, 0.2) is 0 Å². The maximum atomic E-state index is 12.6. The number of rotatable bonds is 3. The van der Waals surface area contributed by atoms with E-state index in [1.165, 1.54) is 44.9 Å². The van der Waals surface area contributed by atoms with E-state index < -0.39 is 0 Å². The summed E-state index contributed by atoms with van der Waals surface area (Å²) in [5.74, 6) is 2.27. The smallest absolute Gasteiger partial charge is 0.139 e. The van der Waals surface area contributed by atoms with Gasteiger partial charge in [-0.25, -0.2) is 0 Å². The van der Waals surface area contributed by atoms with E-state index in [1.54, 1.807) is 0 Å². The molecule has 2 unspecified atom stereocenters. The lowest BCUT2D eigenvalue weighted by atomic mass is 9.68. The molecule has 0 heterocycles. The maximum Gasteiger partial charge on any atom is 0.139 e. The van der Waals surface area contributed by atoms with Gasteiger partial charge in [0, 0.05) is 11.8 Å². The number of carbonyl (C=O) groups is 1. The van der Waals surface area contributed by atoms with Crippen molar-refractivity contribution >= 4 is 5.78 Å². The second-order valence-corrected chi connectivity index (χ2v) is 7.48. The molecule has 2 rings (SSSR count). The van der Waals surface area contributed by atoms with Crippen molar-refractivity contribution in [1.29, 1.82) is 0 Å². The zero-order valence-corrected chi connectivity index (χ0v) is 12.5. The highest BCUT2D eigenvalue weighted by molar-refractivity contribution is 5.83. The molecule has 1 nitrogen and oxygen atoms in total. The molecule has 2 aliphatic carbocycles. The highest BCUT2D eigenvalue weighted by Gasteiger charge is 2.35. The topological polar surface area (TPSA) is 17.1 Å². The molecule has 0 bridgehead atoms. The SMILES string of the molecule is CCC1CCCC(C(=O)C2CCC(C)(C)CC2)C1. The Hall–Kier alpha value is -0.330. The lowest BCUT2D eigenvalue weighted by molar-refractivity contribution is -0.130. The minimum atomic E-state index is 0.402. The minimum Gasteiger partial charge on any atom is -0.299 e. The van der Waals surface area contributed by atoms with Gasteiger partial charge in [-0.1, -0.05) is 40.0 Å². The van der Waals surface area contributed by atoms with Gasteiger partial charge in [0.05, 0.1) is 0 Å². The molecule has 0 saturated heterocycles. The van der Waals surface area contributed by atoms with Crippen LogP contribution in [0.5, 0.6) is 0 Å². The molecule has 2 atom stereocenters. The second-order valence-electron chi connectivity index (χ2n) is 7.48. The van der Waals surface area contributed by atoms with Crippen molar-refractivity contribution in [2.75, 3.05) is 0 Å². The van der Waals surface area contributed by atoms with Crippen LogP contribution >= 0.6 is 0 Å². The Morgan fingerprint density at radius 1 is 1.06 bits per heavy atom. The number of ketones is 1. The quantitative estimate of drug-likeness (QED) is 0.689. The van der Waals surface area contributed by atoms with Crippen LogP contribution in [0.1, 0.15) is 78.6 Å². The maximum absolute atomic E-state index is 12.6. The summed E-state index contributed by atoms with van der Waals surface area (Å²) in [6.45, 7) is 6.98. The van der Waals surface area contributed by atoms with Crippen LogP contribution < -0.4 is 0 Å². The lowest BCUT2D eigenvalue weighted by Gasteiger charge is -2.36. The van der Waals surface area contributed by atoms with Crippen molar-refractivity contribution in [3.63, 3.8) is 0 Å². The molecule has 0 spiro atoms. The van der Waals surface area contributed by atoms with Crippen molar-refractivity contribution in [3.05, 3.63) is 0 Å². The summed E-state index contributed by atoms with van der Waals surface area (Å²) in [6.07, 6.45) is 11.1. The Balaban J connectivity index is 1.87. The monoisotopic (exact) mass is 250 g/mol. The zero-order chi connectivity index (χ0) is 13.2. The number of hydrogen-bond donors (Lipinski definition) is 0. The molecular formula is C17H30O. The van der Waals surface area contributed by atoms with Gasteiger partial charge in [-0.15, -0.1) is 0 Å². The summed E-state index contributed by atoms with van der Waals surface area (Å²) >= 11 is 0. The zero-order valence-electron chi connectivity index (χ0n) is 12.5. The molecule has 2 fully saturated rings. The van der Waals surface area contributed by atoms with Crippen molar-refractivity contribution in [2.45, 2.75) is 78.6 Å². The number of Topliss-reactive ketones (excluding diaryl/α,β-unsaturated/α-hetero) is 1. The van der Waals surface area contributed by atoms with Crippen LogP contribution in [0.25, 0.3) is 0 Å². The van der Waals surface area contributed by atoms with Gasteiger partial charge in [-0.3, -0.25) is 4.79 Å². The minimum absolute atomic E-state index is 0.402. The molecule has 0 aliphatic heterocycles. The molecule has 104 valence electrons. The van der Waals surface area contributed by atoms with Crippen LogP contribution in [0.4, 0.5) is 0 Å². The van der Waals surface area contributed by atoms with Crippen molar-refractivity contribution in [3.8, 4) is 0 Å². The van der Waals surface area contributed by atoms with Crippen molar-refractivity contribution in [2.24, 2.45) is 23.2 Å². The van der Waals surface area contributed by atoms with Crippen molar-refractivity contribution in [1.82, 2.24) is 0 Å². The van der Waals surface area contributed by atoms with Crippen LogP contribution in [0.15, 0.2) is 0 Å². The fraction of sp³-hybridized carbons (Fsp3) is 0.941. The summed E-state index contributed by atoms with van der Waals surface area (Å²) in [5.41, 5.74) is 0.481. The summed E-state index contributed by atoms with van der Waals surface area (Å²) in [4.78, 5) is 12.6. The third-order valence-electron chi connectivity index (χ3n) is 5.50. The predicted molar refractivity (Wildman–Crippen MR) is 76.5 cm³/mol. The third-order valence-corrected chi connectivity index (χ3v) is 5.50. The van der Waals surface area contributed by atoms with E-state index >= 15 is 0 Å². The van der Waals surface area contributed by atoms with E-state index in [0.717, 1.165) is 18.8 Å². The first-order valence-electron chi connectivity index (χ1n) is 8.05. The summed E-state index contributed by atoms with van der Waals surface area (Å²) in [7, 11) is 0. The molecule has 0 amide bonds. The first-order chi connectivity index (χ1) is 8.52. The van der Waals surface area contributed by atoms with Crippen LogP contribution in [-0.4, -0.2) is 5.78 Å². The average molecular weight is 250 g/mol. The highest BCUT2D eigenvalue weighted by Crippen LogP contribution is 2.41. The van der Waals surface area contributed by atoms with E-state index in [9.17, 15) is 4.79 Å². The van der Waals surface area contributed by atoms with Gasteiger partial charge < -0.3 is 0 Å². The van der Waals surface area contributed by atoms with Gasteiger partial charge >= 0.3 is 0 Å². The molecule has 0 N–H and O–H groups in total. The third kappa shape index (κ3) is 3.36. The van der Waals surface area contributed by atoms with Crippen LogP contribution in [0, 0.1) is 23.2 Å².